The Hall–Kier alpha value is -2.47. The molecule has 0 saturated carbocycles. The van der Waals surface area contributed by atoms with Crippen molar-refractivity contribution in [1.82, 2.24) is 9.88 Å². The molecule has 0 spiro atoms. The predicted molar refractivity (Wildman–Crippen MR) is 131 cm³/mol. The molecule has 0 radical (unpaired) electrons. The van der Waals surface area contributed by atoms with Crippen LogP contribution in [0.2, 0.25) is 0 Å². The Morgan fingerprint density at radius 3 is 2.37 bits per heavy atom. The third-order valence-electron chi connectivity index (χ3n) is 5.24. The maximum Gasteiger partial charge on any atom is 0.260 e. The number of hydrogen-bond acceptors (Lipinski definition) is 4. The van der Waals surface area contributed by atoms with Crippen LogP contribution < -0.4 is 4.90 Å². The number of amides is 1. The Balaban J connectivity index is 0.00000256. The van der Waals surface area contributed by atoms with E-state index in [-0.39, 0.29) is 18.3 Å². The topological polar surface area (TPSA) is 36.4 Å². The summed E-state index contributed by atoms with van der Waals surface area (Å²) in [5, 5.41) is 2.96. The number of benzene rings is 3. The Bertz CT molecular complexity index is 1160. The zero-order valence-corrected chi connectivity index (χ0v) is 19.3. The van der Waals surface area contributed by atoms with Crippen LogP contribution >= 0.6 is 23.7 Å². The minimum absolute atomic E-state index is 0. The summed E-state index contributed by atoms with van der Waals surface area (Å²) >= 11 is 1.58. The molecule has 6 heteroatoms. The number of fused-ring (bicyclic) bond motifs is 2. The third-order valence-corrected chi connectivity index (χ3v) is 6.28. The number of anilines is 1. The van der Waals surface area contributed by atoms with Crippen molar-refractivity contribution in [2.75, 3.05) is 32.1 Å². The number of thiazole rings is 1. The Labute approximate surface area is 187 Å². The highest BCUT2D eigenvalue weighted by Gasteiger charge is 2.22. The van der Waals surface area contributed by atoms with Gasteiger partial charge in [0.25, 0.3) is 5.91 Å². The maximum atomic E-state index is 13.5. The summed E-state index contributed by atoms with van der Waals surface area (Å²) < 4.78 is 1.12. The summed E-state index contributed by atoms with van der Waals surface area (Å²) in [5.74, 6) is -0.00916. The van der Waals surface area contributed by atoms with Gasteiger partial charge in [0, 0.05) is 18.7 Å². The average Bonchev–Trinajstić information content (AvgIpc) is 3.10. The Kier molecular flexibility index (Phi) is 6.76. The number of nitrogens with zero attached hydrogens (tertiary/aromatic N) is 3. The molecular formula is C24H26ClN3OS. The maximum absolute atomic E-state index is 13.5. The lowest BCUT2D eigenvalue weighted by molar-refractivity contribution is 0.0985. The first kappa shape index (κ1) is 22.2. The number of halogens is 1. The number of hydrogen-bond donors (Lipinski definition) is 0. The number of rotatable bonds is 5. The van der Waals surface area contributed by atoms with Crippen molar-refractivity contribution in [2.24, 2.45) is 0 Å². The van der Waals surface area contributed by atoms with Gasteiger partial charge in [0.15, 0.2) is 5.13 Å². The van der Waals surface area contributed by atoms with Crippen LogP contribution in [0, 0.1) is 13.8 Å². The highest BCUT2D eigenvalue weighted by atomic mass is 35.5. The summed E-state index contributed by atoms with van der Waals surface area (Å²) in [6, 6.07) is 18.3. The number of aryl methyl sites for hydroxylation is 2. The lowest BCUT2D eigenvalue weighted by Crippen LogP contribution is -2.36. The summed E-state index contributed by atoms with van der Waals surface area (Å²) in [6.07, 6.45) is 0. The van der Waals surface area contributed by atoms with Crippen molar-refractivity contribution in [3.05, 3.63) is 71.3 Å². The molecule has 0 aliphatic rings. The predicted octanol–water partition coefficient (Wildman–Crippen LogP) is 5.70. The highest BCUT2D eigenvalue weighted by Crippen LogP contribution is 2.32. The molecule has 4 rings (SSSR count). The molecule has 1 heterocycles. The first-order chi connectivity index (χ1) is 13.9. The molecule has 0 saturated heterocycles. The van der Waals surface area contributed by atoms with Crippen LogP contribution in [0.5, 0.6) is 0 Å². The van der Waals surface area contributed by atoms with Crippen LogP contribution in [0.3, 0.4) is 0 Å². The van der Waals surface area contributed by atoms with Gasteiger partial charge in [0.2, 0.25) is 0 Å². The largest absolute Gasteiger partial charge is 0.308 e. The molecule has 0 fully saturated rings. The van der Waals surface area contributed by atoms with E-state index in [4.69, 9.17) is 4.98 Å². The number of carbonyl (C=O) groups excluding carboxylic acids is 1. The number of likely N-dealkylation sites (N-methyl/N-ethyl adjacent to an activating group) is 1. The van der Waals surface area contributed by atoms with Gasteiger partial charge in [0.1, 0.15) is 0 Å². The van der Waals surface area contributed by atoms with E-state index >= 15 is 0 Å². The van der Waals surface area contributed by atoms with E-state index in [0.717, 1.165) is 32.7 Å². The van der Waals surface area contributed by atoms with Crippen LogP contribution in [-0.4, -0.2) is 43.0 Å². The molecule has 4 nitrogen and oxygen atoms in total. The van der Waals surface area contributed by atoms with Gasteiger partial charge in [-0.15, -0.1) is 12.4 Å². The van der Waals surface area contributed by atoms with Crippen LogP contribution in [0.1, 0.15) is 21.5 Å². The van der Waals surface area contributed by atoms with Gasteiger partial charge in [-0.1, -0.05) is 41.7 Å². The second kappa shape index (κ2) is 9.13. The highest BCUT2D eigenvalue weighted by molar-refractivity contribution is 7.22. The monoisotopic (exact) mass is 439 g/mol. The van der Waals surface area contributed by atoms with E-state index in [9.17, 15) is 4.79 Å². The molecule has 0 unspecified atom stereocenters. The zero-order valence-electron chi connectivity index (χ0n) is 17.7. The molecule has 156 valence electrons. The van der Waals surface area contributed by atoms with Crippen LogP contribution in [0.15, 0.2) is 54.6 Å². The van der Waals surface area contributed by atoms with Gasteiger partial charge in [0.05, 0.1) is 10.2 Å². The van der Waals surface area contributed by atoms with Gasteiger partial charge in [-0.2, -0.15) is 0 Å². The molecular weight excluding hydrogens is 414 g/mol. The van der Waals surface area contributed by atoms with Gasteiger partial charge in [-0.3, -0.25) is 9.69 Å². The van der Waals surface area contributed by atoms with Crippen molar-refractivity contribution in [3.63, 3.8) is 0 Å². The summed E-state index contributed by atoms with van der Waals surface area (Å²) in [4.78, 5) is 22.2. The lowest BCUT2D eigenvalue weighted by atomic mass is 10.1. The van der Waals surface area contributed by atoms with E-state index in [1.165, 1.54) is 11.1 Å². The van der Waals surface area contributed by atoms with Crippen LogP contribution in [0.4, 0.5) is 5.13 Å². The molecule has 30 heavy (non-hydrogen) atoms. The molecule has 0 bridgehead atoms. The molecule has 3 aromatic carbocycles. The Morgan fingerprint density at radius 2 is 1.63 bits per heavy atom. The summed E-state index contributed by atoms with van der Waals surface area (Å²) in [7, 11) is 4.04. The first-order valence-electron chi connectivity index (χ1n) is 9.75. The second-order valence-electron chi connectivity index (χ2n) is 7.72. The molecule has 4 aromatic rings. The van der Waals surface area contributed by atoms with E-state index in [0.29, 0.717) is 12.1 Å². The second-order valence-corrected chi connectivity index (χ2v) is 8.73. The van der Waals surface area contributed by atoms with Crippen molar-refractivity contribution in [1.29, 1.82) is 0 Å². The molecule has 0 atom stereocenters. The molecule has 0 aliphatic heterocycles. The summed E-state index contributed by atoms with van der Waals surface area (Å²) in [6.45, 7) is 5.57. The van der Waals surface area contributed by atoms with Gasteiger partial charge in [-0.25, -0.2) is 4.98 Å². The standard InChI is InChI=1S/C24H25N3OS.ClH/c1-16-13-21-22(14-17(16)2)29-24(25-21)27(12-11-26(3)4)23(28)20-10-9-18-7-5-6-8-19(18)15-20;/h5-10,13-15H,11-12H2,1-4H3;1H. The fraction of sp³-hybridized carbons (Fsp3) is 0.250. The number of carbonyl (C=O) groups is 1. The fourth-order valence-electron chi connectivity index (χ4n) is 3.35. The van der Waals surface area contributed by atoms with E-state index in [1.54, 1.807) is 11.3 Å². The minimum Gasteiger partial charge on any atom is -0.308 e. The van der Waals surface area contributed by atoms with Gasteiger partial charge in [-0.05, 0) is 74.1 Å². The molecule has 0 aliphatic carbocycles. The van der Waals surface area contributed by atoms with Gasteiger partial charge < -0.3 is 4.90 Å². The normalized spacial score (nSPS) is 11.1. The first-order valence-corrected chi connectivity index (χ1v) is 10.6. The third kappa shape index (κ3) is 4.48. The van der Waals surface area contributed by atoms with Crippen molar-refractivity contribution < 1.29 is 4.79 Å². The quantitative estimate of drug-likeness (QED) is 0.400. The minimum atomic E-state index is -0.00916. The summed E-state index contributed by atoms with van der Waals surface area (Å²) in [5.41, 5.74) is 4.10. The van der Waals surface area contributed by atoms with E-state index < -0.39 is 0 Å². The fourth-order valence-corrected chi connectivity index (χ4v) is 4.42. The Morgan fingerprint density at radius 1 is 0.933 bits per heavy atom. The van der Waals surface area contributed by atoms with Crippen molar-refractivity contribution >= 4 is 55.8 Å². The van der Waals surface area contributed by atoms with E-state index in [2.05, 4.69) is 36.9 Å². The van der Waals surface area contributed by atoms with E-state index in [1.807, 2.05) is 55.4 Å². The van der Waals surface area contributed by atoms with Crippen LogP contribution in [-0.2, 0) is 0 Å². The molecule has 1 amide bonds. The van der Waals surface area contributed by atoms with Gasteiger partial charge >= 0.3 is 0 Å². The average molecular weight is 440 g/mol. The van der Waals surface area contributed by atoms with Crippen molar-refractivity contribution in [3.8, 4) is 0 Å². The molecule has 0 N–H and O–H groups in total. The lowest BCUT2D eigenvalue weighted by Gasteiger charge is -2.22. The van der Waals surface area contributed by atoms with Crippen molar-refractivity contribution in [2.45, 2.75) is 13.8 Å². The molecule has 1 aromatic heterocycles. The van der Waals surface area contributed by atoms with Crippen LogP contribution in [0.25, 0.3) is 21.0 Å². The zero-order chi connectivity index (χ0) is 20.5. The number of aromatic nitrogens is 1. The SMILES string of the molecule is Cc1cc2nc(N(CCN(C)C)C(=O)c3ccc4ccccc4c3)sc2cc1C.Cl. The smallest absolute Gasteiger partial charge is 0.260 e.